The predicted molar refractivity (Wildman–Crippen MR) is 346 cm³/mol. The SMILES string of the molecule is CCOC(=O)[C@H](C)NP(=O)(CCN(C/C(C)=C/Cc1c(O)c2c(c(C)c1CC)COC2=O)S(C)(=O)=O)Oc1ccccc1.CCOC(=O)[C@H](C)NP(=O)(CCNC/C(C)=C/Cc1c(CC)c(C)c2c(c1OCC[Si](C)(C)C)C(=O)OC2)Oc1ccccc1. The molecule has 88 heavy (non-hydrogen) atoms. The first-order valence-corrected chi connectivity index (χ1v) is 39.2. The number of hydrogen-bond acceptors (Lipinski definition) is 17. The highest BCUT2D eigenvalue weighted by Crippen LogP contribution is 2.46. The van der Waals surface area contributed by atoms with Crippen LogP contribution < -0.4 is 29.3 Å². The third kappa shape index (κ3) is 20.7. The number of carbonyl (C=O) groups is 4. The summed E-state index contributed by atoms with van der Waals surface area (Å²) in [6.45, 7) is 27.5. The predicted octanol–water partition coefficient (Wildman–Crippen LogP) is 11.3. The number of cyclic esters (lactones) is 2. The molecular weight excluding hydrogens is 1200 g/mol. The summed E-state index contributed by atoms with van der Waals surface area (Å²) in [5, 5.41) is 20.0. The Kier molecular flexibility index (Phi) is 27.3. The number of nitrogens with one attached hydrogen (secondary N) is 3. The van der Waals surface area contributed by atoms with E-state index in [-0.39, 0.29) is 68.9 Å². The van der Waals surface area contributed by atoms with Crippen LogP contribution in [0.2, 0.25) is 25.7 Å². The average Bonchev–Trinajstić information content (AvgIpc) is 1.55. The molecule has 0 saturated carbocycles. The van der Waals surface area contributed by atoms with Crippen LogP contribution in [0.1, 0.15) is 121 Å². The van der Waals surface area contributed by atoms with E-state index >= 15 is 0 Å². The second-order valence-electron chi connectivity index (χ2n) is 23.2. The zero-order chi connectivity index (χ0) is 65.1. The molecule has 6 rings (SSSR count). The summed E-state index contributed by atoms with van der Waals surface area (Å²) < 4.78 is 93.3. The van der Waals surface area contributed by atoms with Crippen molar-refractivity contribution in [2.24, 2.45) is 0 Å². The normalized spacial score (nSPS) is 15.4. The highest BCUT2D eigenvalue weighted by Gasteiger charge is 2.36. The molecule has 0 saturated heterocycles. The van der Waals surface area contributed by atoms with Crippen molar-refractivity contribution in [3.63, 3.8) is 0 Å². The highest BCUT2D eigenvalue weighted by atomic mass is 32.2. The number of benzene rings is 4. The van der Waals surface area contributed by atoms with Crippen LogP contribution >= 0.6 is 15.0 Å². The molecule has 2 aliphatic heterocycles. The second-order valence-corrected chi connectivity index (χ2v) is 35.2. The quantitative estimate of drug-likeness (QED) is 0.00863. The number of phenols is 1. The molecule has 0 aliphatic carbocycles. The van der Waals surface area contributed by atoms with Gasteiger partial charge in [0.2, 0.25) is 10.0 Å². The zero-order valence-corrected chi connectivity index (χ0v) is 57.3. The molecule has 20 nitrogen and oxygen atoms in total. The van der Waals surface area contributed by atoms with Crippen molar-refractivity contribution in [1.29, 1.82) is 0 Å². The van der Waals surface area contributed by atoms with Gasteiger partial charge >= 0.3 is 38.9 Å². The van der Waals surface area contributed by atoms with Gasteiger partial charge in [0.25, 0.3) is 0 Å². The Balaban J connectivity index is 0.000000321. The monoisotopic (exact) mass is 1290 g/mol. The van der Waals surface area contributed by atoms with Gasteiger partial charge in [-0.1, -0.05) is 93.2 Å². The van der Waals surface area contributed by atoms with Crippen molar-refractivity contribution in [2.75, 3.05) is 64.6 Å². The number of carbonyl (C=O) groups excluding carboxylic acids is 4. The van der Waals surface area contributed by atoms with Crippen LogP contribution in [0.25, 0.3) is 0 Å². The number of esters is 4. The molecule has 24 heteroatoms. The smallest absolute Gasteiger partial charge is 0.342 e. The number of sulfonamides is 1. The Morgan fingerprint density at radius 2 is 1.18 bits per heavy atom. The van der Waals surface area contributed by atoms with Crippen LogP contribution in [-0.2, 0) is 86.6 Å². The van der Waals surface area contributed by atoms with E-state index in [1.165, 1.54) is 16.8 Å². The average molecular weight is 1300 g/mol. The van der Waals surface area contributed by atoms with Gasteiger partial charge in [-0.05, 0) is 134 Å². The van der Waals surface area contributed by atoms with Crippen LogP contribution in [0, 0.1) is 13.8 Å². The topological polar surface area (TPSA) is 261 Å². The van der Waals surface area contributed by atoms with E-state index < -0.39 is 63.1 Å². The summed E-state index contributed by atoms with van der Waals surface area (Å²) >= 11 is 0. The van der Waals surface area contributed by atoms with Gasteiger partial charge in [-0.25, -0.2) is 28.2 Å². The van der Waals surface area contributed by atoms with Crippen molar-refractivity contribution in [1.82, 2.24) is 19.8 Å². The molecule has 2 unspecified atom stereocenters. The Bertz CT molecular complexity index is 3370. The summed E-state index contributed by atoms with van der Waals surface area (Å²) in [4.78, 5) is 49.6. The van der Waals surface area contributed by atoms with E-state index in [2.05, 4.69) is 55.1 Å². The molecule has 4 atom stereocenters. The van der Waals surface area contributed by atoms with E-state index in [9.17, 15) is 41.8 Å². The minimum absolute atomic E-state index is 0.00815. The maximum absolute atomic E-state index is 13.9. The summed E-state index contributed by atoms with van der Waals surface area (Å²) in [5.41, 5.74) is 9.95. The number of rotatable bonds is 33. The second kappa shape index (κ2) is 33.1. The molecule has 0 spiro atoms. The maximum Gasteiger partial charge on any atom is 0.342 e. The van der Waals surface area contributed by atoms with Crippen LogP contribution in [0.15, 0.2) is 84.0 Å². The largest absolute Gasteiger partial charge is 0.507 e. The lowest BCUT2D eigenvalue weighted by Crippen LogP contribution is -2.39. The fraction of sp³-hybridized carbons (Fsp3) is 0.500. The van der Waals surface area contributed by atoms with Gasteiger partial charge in [0.15, 0.2) is 0 Å². The van der Waals surface area contributed by atoms with Gasteiger partial charge in [-0.15, -0.1) is 0 Å². The lowest BCUT2D eigenvalue weighted by molar-refractivity contribution is -0.145. The number of phenolic OH excluding ortho intramolecular Hbond substituents is 1. The van der Waals surface area contributed by atoms with Crippen LogP contribution in [0.3, 0.4) is 0 Å². The standard InChI is InChI=1S/C34H51N2O7PSi.C30H41N2O9PS/c1-9-28-25(4)30-23-42-34(38)31(30)32(41-19-21-45(6,7)8)29(28)17-16-24(3)22-35-18-20-44(39,36-26(5)33(37)40-10-2)43-27-14-12-11-13-15-27;1-7-24-21(4)26-19-40-30(35)27(26)28(33)25(24)15-14-20(3)18-32(43(6,37)38)16-17-42(36,31-22(5)29(34)39-8-2)41-23-12-10-9-11-13-23/h11-16,26,35H,9-10,17-23H2,1-8H3,(H,36,39);9-14,22,33H,7-8,15-19H2,1-6H3,(H,31,36)/b24-16+;20-14+/t26-,44?;22-,42?/m00/s1. The highest BCUT2D eigenvalue weighted by molar-refractivity contribution is 7.88. The van der Waals surface area contributed by atoms with E-state index in [1.807, 2.05) is 26.8 Å². The van der Waals surface area contributed by atoms with Crippen LogP contribution in [0.5, 0.6) is 23.0 Å². The molecule has 0 fully saturated rings. The van der Waals surface area contributed by atoms with E-state index in [1.54, 1.807) is 88.4 Å². The van der Waals surface area contributed by atoms with Crippen molar-refractivity contribution in [3.05, 3.63) is 140 Å². The molecular formula is C64H92N4O16P2SSi. The minimum Gasteiger partial charge on any atom is -0.507 e. The fourth-order valence-electron chi connectivity index (χ4n) is 10.2. The first-order valence-electron chi connectivity index (χ1n) is 30.0. The summed E-state index contributed by atoms with van der Waals surface area (Å²) in [5.74, 6) is -0.628. The molecule has 484 valence electrons. The zero-order valence-electron chi connectivity index (χ0n) is 53.7. The molecule has 4 aromatic rings. The number of nitrogens with zero attached hydrogens (tertiary/aromatic N) is 1. The van der Waals surface area contributed by atoms with Gasteiger partial charge in [0.1, 0.15) is 59.4 Å². The first-order chi connectivity index (χ1) is 41.5. The lowest BCUT2D eigenvalue weighted by atomic mass is 9.89. The Labute approximate surface area is 521 Å². The molecule has 0 radical (unpaired) electrons. The third-order valence-corrected chi connectivity index (χ3v) is 22.1. The van der Waals surface area contributed by atoms with Crippen molar-refractivity contribution >= 4 is 57.0 Å². The fourth-order valence-corrected chi connectivity index (χ4v) is 15.7. The van der Waals surface area contributed by atoms with Crippen molar-refractivity contribution in [3.8, 4) is 23.0 Å². The molecule has 0 bridgehead atoms. The lowest BCUT2D eigenvalue weighted by Gasteiger charge is -2.26. The van der Waals surface area contributed by atoms with Gasteiger partial charge in [0.05, 0.1) is 38.4 Å². The number of para-hydroxylation sites is 2. The molecule has 2 heterocycles. The summed E-state index contributed by atoms with van der Waals surface area (Å²) in [7, 11) is -12.3. The Morgan fingerprint density at radius 1 is 0.716 bits per heavy atom. The van der Waals surface area contributed by atoms with Crippen LogP contribution in [0.4, 0.5) is 0 Å². The molecule has 0 aromatic heterocycles. The molecule has 2 aliphatic rings. The van der Waals surface area contributed by atoms with Crippen molar-refractivity contribution < 1.29 is 74.6 Å². The van der Waals surface area contributed by atoms with Gasteiger partial charge < -0.3 is 43.2 Å². The maximum atomic E-state index is 13.9. The van der Waals surface area contributed by atoms with E-state index in [4.69, 9.17) is 32.7 Å². The number of allylic oxidation sites excluding steroid dienone is 2. The van der Waals surface area contributed by atoms with Gasteiger partial charge in [-0.3, -0.25) is 18.7 Å². The minimum atomic E-state index is -3.79. The van der Waals surface area contributed by atoms with E-state index in [0.717, 1.165) is 52.1 Å². The third-order valence-electron chi connectivity index (χ3n) is 15.0. The van der Waals surface area contributed by atoms with E-state index in [0.29, 0.717) is 78.7 Å². The molecule has 4 aromatic carbocycles. The van der Waals surface area contributed by atoms with Crippen LogP contribution in [-0.4, -0.2) is 126 Å². The number of hydrogen-bond donors (Lipinski definition) is 4. The van der Waals surface area contributed by atoms with Gasteiger partial charge in [0, 0.05) is 56.5 Å². The Morgan fingerprint density at radius 3 is 1.67 bits per heavy atom. The first kappa shape index (κ1) is 72.6. The molecule has 4 N–H and O–H groups in total. The Hall–Kier alpha value is -6.09. The number of ether oxygens (including phenoxy) is 5. The summed E-state index contributed by atoms with van der Waals surface area (Å²) in [6, 6.07) is 16.6. The van der Waals surface area contributed by atoms with Crippen molar-refractivity contribution in [2.45, 2.75) is 146 Å². The summed E-state index contributed by atoms with van der Waals surface area (Å²) in [6.07, 6.45) is 7.31. The number of aromatic hydroxyl groups is 1. The number of fused-ring (bicyclic) bond motifs is 2. The molecule has 0 amide bonds. The van der Waals surface area contributed by atoms with Gasteiger partial charge in [-0.2, -0.15) is 4.31 Å².